The van der Waals surface area contributed by atoms with Crippen LogP contribution in [0.2, 0.25) is 0 Å². The molecule has 2 unspecified atom stereocenters. The van der Waals surface area contributed by atoms with Gasteiger partial charge < -0.3 is 5.32 Å². The molecule has 0 radical (unpaired) electrons. The third-order valence-electron chi connectivity index (χ3n) is 2.60. The van der Waals surface area contributed by atoms with Gasteiger partial charge in [-0.25, -0.2) is 10.8 Å². The van der Waals surface area contributed by atoms with Crippen molar-refractivity contribution < 1.29 is 4.21 Å². The first kappa shape index (κ1) is 14.3. The minimum Gasteiger partial charge on any atom is -0.353 e. The summed E-state index contributed by atoms with van der Waals surface area (Å²) in [5.74, 6) is 6.32. The van der Waals surface area contributed by atoms with Gasteiger partial charge in [-0.3, -0.25) is 14.2 Å². The van der Waals surface area contributed by atoms with E-state index in [0.717, 1.165) is 0 Å². The average Bonchev–Trinajstić information content (AvgIpc) is 2.98. The van der Waals surface area contributed by atoms with E-state index in [4.69, 9.17) is 5.84 Å². The van der Waals surface area contributed by atoms with Crippen LogP contribution < -0.4 is 16.6 Å². The lowest BCUT2D eigenvalue weighted by molar-refractivity contribution is 0.678. The zero-order chi connectivity index (χ0) is 14.5. The largest absolute Gasteiger partial charge is 0.353 e. The predicted octanol–water partition coefficient (Wildman–Crippen LogP) is -0.478. The smallest absolute Gasteiger partial charge is 0.243 e. The molecule has 9 nitrogen and oxygen atoms in total. The Balaban J connectivity index is 2.20. The van der Waals surface area contributed by atoms with Crippen molar-refractivity contribution in [1.82, 2.24) is 24.5 Å². The molecule has 0 aliphatic rings. The van der Waals surface area contributed by atoms with Crippen LogP contribution in [-0.4, -0.2) is 46.8 Å². The molecule has 0 saturated carbocycles. The van der Waals surface area contributed by atoms with Gasteiger partial charge in [0, 0.05) is 41.2 Å². The van der Waals surface area contributed by atoms with Crippen LogP contribution in [0.5, 0.6) is 0 Å². The van der Waals surface area contributed by atoms with Crippen molar-refractivity contribution in [1.29, 1.82) is 0 Å². The van der Waals surface area contributed by atoms with Crippen molar-refractivity contribution in [3.8, 4) is 5.95 Å². The molecule has 0 amide bonds. The Bertz CT molecular complexity index is 587. The highest BCUT2D eigenvalue weighted by atomic mass is 32.2. The molecule has 108 valence electrons. The van der Waals surface area contributed by atoms with Crippen LogP contribution >= 0.6 is 0 Å². The number of hydrazine groups is 1. The standard InChI is InChI=1S/C10H16N8OS/c1-7(20(2)19)5-13-8-14-9(17-11)16-10(15-8)18-4-3-12-6-18/h3-4,6-7H,5,11H2,1-2H3,(H2,13,14,15,16,17). The molecule has 2 heterocycles. The Kier molecular flexibility index (Phi) is 4.58. The van der Waals surface area contributed by atoms with Crippen LogP contribution in [0.15, 0.2) is 18.7 Å². The Morgan fingerprint density at radius 2 is 2.15 bits per heavy atom. The number of aromatic nitrogens is 5. The molecular formula is C10H16N8OS. The summed E-state index contributed by atoms with van der Waals surface area (Å²) in [7, 11) is -0.915. The second-order valence-corrected chi connectivity index (χ2v) is 5.89. The number of anilines is 2. The molecule has 20 heavy (non-hydrogen) atoms. The molecule has 0 spiro atoms. The van der Waals surface area contributed by atoms with Crippen molar-refractivity contribution in [3.05, 3.63) is 18.7 Å². The third-order valence-corrected chi connectivity index (χ3v) is 3.90. The molecule has 0 fully saturated rings. The Hall–Kier alpha value is -2.07. The van der Waals surface area contributed by atoms with Gasteiger partial charge >= 0.3 is 0 Å². The number of rotatable bonds is 6. The maximum Gasteiger partial charge on any atom is 0.243 e. The van der Waals surface area contributed by atoms with E-state index < -0.39 is 10.8 Å². The summed E-state index contributed by atoms with van der Waals surface area (Å²) >= 11 is 0. The quantitative estimate of drug-likeness (QED) is 0.482. The van der Waals surface area contributed by atoms with E-state index in [-0.39, 0.29) is 11.2 Å². The second-order valence-electron chi connectivity index (χ2n) is 4.09. The molecule has 0 aliphatic carbocycles. The molecule has 2 aromatic heterocycles. The van der Waals surface area contributed by atoms with Crippen LogP contribution in [0, 0.1) is 0 Å². The van der Waals surface area contributed by atoms with Crippen molar-refractivity contribution in [2.45, 2.75) is 12.2 Å². The first-order valence-corrected chi connectivity index (χ1v) is 7.49. The average molecular weight is 296 g/mol. The monoisotopic (exact) mass is 296 g/mol. The van der Waals surface area contributed by atoms with Crippen molar-refractivity contribution in [2.75, 3.05) is 23.5 Å². The molecule has 4 N–H and O–H groups in total. The topological polar surface area (TPSA) is 124 Å². The first-order chi connectivity index (χ1) is 9.60. The fraction of sp³-hybridized carbons (Fsp3) is 0.400. The molecule has 2 rings (SSSR count). The molecular weight excluding hydrogens is 280 g/mol. The second kappa shape index (κ2) is 6.39. The van der Waals surface area contributed by atoms with Gasteiger partial charge in [0.15, 0.2) is 0 Å². The summed E-state index contributed by atoms with van der Waals surface area (Å²) in [5.41, 5.74) is 2.38. The Morgan fingerprint density at radius 1 is 1.40 bits per heavy atom. The number of hydrogen-bond acceptors (Lipinski definition) is 8. The first-order valence-electron chi connectivity index (χ1n) is 5.87. The van der Waals surface area contributed by atoms with Crippen molar-refractivity contribution in [3.63, 3.8) is 0 Å². The van der Waals surface area contributed by atoms with Crippen LogP contribution in [0.25, 0.3) is 5.95 Å². The summed E-state index contributed by atoms with van der Waals surface area (Å²) in [4.78, 5) is 16.4. The molecule has 10 heteroatoms. The molecule has 0 bridgehead atoms. The third kappa shape index (κ3) is 3.48. The molecule has 2 atom stereocenters. The highest BCUT2D eigenvalue weighted by Gasteiger charge is 2.10. The van der Waals surface area contributed by atoms with Gasteiger partial charge in [0.2, 0.25) is 17.8 Å². The Labute approximate surface area is 118 Å². The van der Waals surface area contributed by atoms with Crippen LogP contribution in [0.3, 0.4) is 0 Å². The number of nitrogens with one attached hydrogen (secondary N) is 2. The number of imidazole rings is 1. The van der Waals surface area contributed by atoms with Crippen LogP contribution in [0.4, 0.5) is 11.9 Å². The highest BCUT2D eigenvalue weighted by molar-refractivity contribution is 7.84. The number of nitrogens with two attached hydrogens (primary N) is 1. The zero-order valence-corrected chi connectivity index (χ0v) is 12.0. The Morgan fingerprint density at radius 3 is 2.75 bits per heavy atom. The van der Waals surface area contributed by atoms with E-state index in [1.807, 2.05) is 6.92 Å². The lowest BCUT2D eigenvalue weighted by Crippen LogP contribution is -2.23. The molecule has 0 saturated heterocycles. The van der Waals surface area contributed by atoms with Gasteiger partial charge in [0.25, 0.3) is 0 Å². The summed E-state index contributed by atoms with van der Waals surface area (Å²) in [6.07, 6.45) is 6.56. The van der Waals surface area contributed by atoms with E-state index in [1.165, 1.54) is 0 Å². The van der Waals surface area contributed by atoms with E-state index >= 15 is 0 Å². The van der Waals surface area contributed by atoms with Gasteiger partial charge in [0.1, 0.15) is 6.33 Å². The molecule has 0 aromatic carbocycles. The summed E-state index contributed by atoms with van der Waals surface area (Å²) in [6, 6.07) is 0. The van der Waals surface area contributed by atoms with Gasteiger partial charge in [-0.15, -0.1) is 0 Å². The molecule has 2 aromatic rings. The number of nitrogens with zero attached hydrogens (tertiary/aromatic N) is 5. The summed E-state index contributed by atoms with van der Waals surface area (Å²) in [6.45, 7) is 2.36. The van der Waals surface area contributed by atoms with Gasteiger partial charge in [-0.1, -0.05) is 0 Å². The van der Waals surface area contributed by atoms with Gasteiger partial charge in [0.05, 0.1) is 0 Å². The molecule has 0 aliphatic heterocycles. The fourth-order valence-electron chi connectivity index (χ4n) is 1.35. The zero-order valence-electron chi connectivity index (χ0n) is 11.1. The van der Waals surface area contributed by atoms with Gasteiger partial charge in [-0.05, 0) is 6.92 Å². The van der Waals surface area contributed by atoms with E-state index in [0.29, 0.717) is 18.4 Å². The maximum atomic E-state index is 11.3. The normalized spacial score (nSPS) is 13.8. The highest BCUT2D eigenvalue weighted by Crippen LogP contribution is 2.08. The fourth-order valence-corrected chi connectivity index (χ4v) is 1.67. The van der Waals surface area contributed by atoms with Crippen LogP contribution in [-0.2, 0) is 10.8 Å². The van der Waals surface area contributed by atoms with Crippen molar-refractivity contribution in [2.24, 2.45) is 5.84 Å². The van der Waals surface area contributed by atoms with E-state index in [1.54, 1.807) is 29.5 Å². The van der Waals surface area contributed by atoms with Crippen LogP contribution in [0.1, 0.15) is 6.92 Å². The minimum absolute atomic E-state index is 0.0160. The summed E-state index contributed by atoms with van der Waals surface area (Å²) < 4.78 is 12.9. The predicted molar refractivity (Wildman–Crippen MR) is 76.8 cm³/mol. The number of nitrogen functional groups attached to an aromatic ring is 1. The lowest BCUT2D eigenvalue weighted by Gasteiger charge is -2.11. The number of hydrogen-bond donors (Lipinski definition) is 3. The minimum atomic E-state index is -0.915. The maximum absolute atomic E-state index is 11.3. The van der Waals surface area contributed by atoms with Gasteiger partial charge in [-0.2, -0.15) is 15.0 Å². The SMILES string of the molecule is CC(CNc1nc(NN)nc(-n2ccnc2)n1)S(C)=O. The van der Waals surface area contributed by atoms with E-state index in [9.17, 15) is 4.21 Å². The lowest BCUT2D eigenvalue weighted by atomic mass is 10.5. The van der Waals surface area contributed by atoms with E-state index in [2.05, 4.69) is 30.7 Å². The van der Waals surface area contributed by atoms with Crippen molar-refractivity contribution >= 4 is 22.7 Å². The summed E-state index contributed by atoms with van der Waals surface area (Å²) in [5, 5.41) is 3.00.